The minimum atomic E-state index is -0.131. The summed E-state index contributed by atoms with van der Waals surface area (Å²) in [7, 11) is 1.92. The fraction of sp³-hybridized carbons (Fsp3) is 0.100. The van der Waals surface area contributed by atoms with Crippen LogP contribution in [0.5, 0.6) is 0 Å². The van der Waals surface area contributed by atoms with Crippen LogP contribution >= 0.6 is 0 Å². The number of hydrogen-bond donors (Lipinski definition) is 2. The van der Waals surface area contributed by atoms with Gasteiger partial charge in [-0.2, -0.15) is 0 Å². The third-order valence-corrected chi connectivity index (χ3v) is 3.94. The van der Waals surface area contributed by atoms with Gasteiger partial charge in [-0.15, -0.1) is 0 Å². The van der Waals surface area contributed by atoms with Gasteiger partial charge in [-0.3, -0.25) is 0 Å². The Hall–Kier alpha value is -2.58. The Bertz CT molecular complexity index is 733. The number of para-hydroxylation sites is 1. The van der Waals surface area contributed by atoms with E-state index in [4.69, 9.17) is 5.73 Å². The Morgan fingerprint density at radius 2 is 1.32 bits per heavy atom. The maximum atomic E-state index is 6.44. The lowest BCUT2D eigenvalue weighted by atomic mass is 9.96. The average Bonchev–Trinajstić information content (AvgIpc) is 2.62. The molecule has 2 nitrogen and oxygen atoms in total. The lowest BCUT2D eigenvalue weighted by Crippen LogP contribution is -2.13. The molecule has 2 heteroatoms. The molecule has 0 radical (unpaired) electrons. The topological polar surface area (TPSA) is 38.0 Å². The van der Waals surface area contributed by atoms with Crippen LogP contribution in [-0.2, 0) is 0 Å². The highest BCUT2D eigenvalue weighted by atomic mass is 14.8. The molecule has 1 atom stereocenters. The number of rotatable bonds is 4. The molecule has 3 aromatic rings. The number of anilines is 1. The number of benzene rings is 3. The van der Waals surface area contributed by atoms with Gasteiger partial charge >= 0.3 is 0 Å². The van der Waals surface area contributed by atoms with Crippen molar-refractivity contribution in [3.63, 3.8) is 0 Å². The molecule has 0 heterocycles. The molecule has 0 aliphatic heterocycles. The molecule has 1 unspecified atom stereocenters. The summed E-state index contributed by atoms with van der Waals surface area (Å²) in [5.74, 6) is 0. The van der Waals surface area contributed by atoms with Crippen LogP contribution in [0.3, 0.4) is 0 Å². The highest BCUT2D eigenvalue weighted by molar-refractivity contribution is 5.64. The SMILES string of the molecule is CNc1ccccc1C(N)c1ccc(-c2ccccc2)cc1. The fourth-order valence-electron chi connectivity index (χ4n) is 2.69. The molecule has 0 aliphatic rings. The van der Waals surface area contributed by atoms with Gasteiger partial charge in [0.1, 0.15) is 0 Å². The minimum Gasteiger partial charge on any atom is -0.388 e. The van der Waals surface area contributed by atoms with E-state index in [1.807, 2.05) is 31.3 Å². The molecule has 0 aromatic heterocycles. The van der Waals surface area contributed by atoms with Gasteiger partial charge in [-0.1, -0.05) is 72.8 Å². The lowest BCUT2D eigenvalue weighted by Gasteiger charge is -2.17. The highest BCUT2D eigenvalue weighted by Gasteiger charge is 2.12. The van der Waals surface area contributed by atoms with Crippen molar-refractivity contribution in [2.75, 3.05) is 12.4 Å². The maximum absolute atomic E-state index is 6.44. The summed E-state index contributed by atoms with van der Waals surface area (Å²) >= 11 is 0. The second-order valence-electron chi connectivity index (χ2n) is 5.30. The first-order valence-electron chi connectivity index (χ1n) is 7.47. The molecule has 0 saturated heterocycles. The molecule has 0 bridgehead atoms. The van der Waals surface area contributed by atoms with Gasteiger partial charge in [-0.25, -0.2) is 0 Å². The predicted molar refractivity (Wildman–Crippen MR) is 93.9 cm³/mol. The molecule has 0 fully saturated rings. The Balaban J connectivity index is 1.89. The van der Waals surface area contributed by atoms with Crippen LogP contribution < -0.4 is 11.1 Å². The van der Waals surface area contributed by atoms with Crippen molar-refractivity contribution in [2.24, 2.45) is 5.73 Å². The van der Waals surface area contributed by atoms with Crippen LogP contribution in [0.4, 0.5) is 5.69 Å². The second-order valence-corrected chi connectivity index (χ2v) is 5.30. The van der Waals surface area contributed by atoms with Crippen molar-refractivity contribution in [1.82, 2.24) is 0 Å². The summed E-state index contributed by atoms with van der Waals surface area (Å²) in [5.41, 5.74) is 12.2. The van der Waals surface area contributed by atoms with Crippen LogP contribution in [0.2, 0.25) is 0 Å². The maximum Gasteiger partial charge on any atom is 0.0572 e. The standard InChI is InChI=1S/C20H20N2/c1-22-19-10-6-5-9-18(19)20(21)17-13-11-16(12-14-17)15-7-3-2-4-8-15/h2-14,20,22H,21H2,1H3. The molecule has 0 amide bonds. The summed E-state index contributed by atoms with van der Waals surface area (Å²) in [6.07, 6.45) is 0. The molecule has 0 spiro atoms. The third-order valence-electron chi connectivity index (χ3n) is 3.94. The van der Waals surface area contributed by atoms with Crippen molar-refractivity contribution >= 4 is 5.69 Å². The van der Waals surface area contributed by atoms with Gasteiger partial charge in [0.15, 0.2) is 0 Å². The summed E-state index contributed by atoms with van der Waals surface area (Å²) in [4.78, 5) is 0. The summed E-state index contributed by atoms with van der Waals surface area (Å²) in [5, 5.41) is 3.20. The van der Waals surface area contributed by atoms with Crippen molar-refractivity contribution in [3.8, 4) is 11.1 Å². The number of nitrogens with two attached hydrogens (primary N) is 1. The van der Waals surface area contributed by atoms with E-state index in [0.29, 0.717) is 0 Å². The summed E-state index contributed by atoms with van der Waals surface area (Å²) in [6.45, 7) is 0. The first kappa shape index (κ1) is 14.4. The largest absolute Gasteiger partial charge is 0.388 e. The van der Waals surface area contributed by atoms with E-state index in [2.05, 4.69) is 59.9 Å². The molecule has 3 rings (SSSR count). The highest BCUT2D eigenvalue weighted by Crippen LogP contribution is 2.28. The van der Waals surface area contributed by atoms with Gasteiger partial charge in [0.2, 0.25) is 0 Å². The number of nitrogens with one attached hydrogen (secondary N) is 1. The van der Waals surface area contributed by atoms with E-state index >= 15 is 0 Å². The van der Waals surface area contributed by atoms with E-state index in [-0.39, 0.29) is 6.04 Å². The van der Waals surface area contributed by atoms with Crippen LogP contribution in [0, 0.1) is 0 Å². The zero-order valence-electron chi connectivity index (χ0n) is 12.7. The van der Waals surface area contributed by atoms with Crippen molar-refractivity contribution in [3.05, 3.63) is 90.0 Å². The Labute approximate surface area is 131 Å². The monoisotopic (exact) mass is 288 g/mol. The average molecular weight is 288 g/mol. The summed E-state index contributed by atoms with van der Waals surface area (Å²) in [6, 6.07) is 26.9. The molecule has 0 aliphatic carbocycles. The molecule has 3 N–H and O–H groups in total. The van der Waals surface area contributed by atoms with Crippen LogP contribution in [0.1, 0.15) is 17.2 Å². The van der Waals surface area contributed by atoms with E-state index in [1.165, 1.54) is 11.1 Å². The first-order valence-corrected chi connectivity index (χ1v) is 7.47. The van der Waals surface area contributed by atoms with Gasteiger partial charge < -0.3 is 11.1 Å². The zero-order valence-corrected chi connectivity index (χ0v) is 12.7. The Morgan fingerprint density at radius 3 is 2.00 bits per heavy atom. The van der Waals surface area contributed by atoms with Crippen LogP contribution in [0.25, 0.3) is 11.1 Å². The molecule has 3 aromatic carbocycles. The van der Waals surface area contributed by atoms with Gasteiger partial charge in [0.25, 0.3) is 0 Å². The van der Waals surface area contributed by atoms with Gasteiger partial charge in [-0.05, 0) is 28.3 Å². The van der Waals surface area contributed by atoms with Gasteiger partial charge in [0.05, 0.1) is 6.04 Å². The van der Waals surface area contributed by atoms with Crippen molar-refractivity contribution < 1.29 is 0 Å². The smallest absolute Gasteiger partial charge is 0.0572 e. The molecular weight excluding hydrogens is 268 g/mol. The van der Waals surface area contributed by atoms with E-state index < -0.39 is 0 Å². The Morgan fingerprint density at radius 1 is 0.727 bits per heavy atom. The van der Waals surface area contributed by atoms with Gasteiger partial charge in [0, 0.05) is 12.7 Å². The second kappa shape index (κ2) is 6.46. The Kier molecular flexibility index (Phi) is 4.22. The van der Waals surface area contributed by atoms with E-state index in [0.717, 1.165) is 16.8 Å². The molecular formula is C20H20N2. The zero-order chi connectivity index (χ0) is 15.4. The lowest BCUT2D eigenvalue weighted by molar-refractivity contribution is 0.873. The predicted octanol–water partition coefficient (Wildman–Crippen LogP) is 4.44. The quantitative estimate of drug-likeness (QED) is 0.744. The third kappa shape index (κ3) is 2.87. The summed E-state index contributed by atoms with van der Waals surface area (Å²) < 4.78 is 0. The van der Waals surface area contributed by atoms with E-state index in [1.54, 1.807) is 0 Å². The van der Waals surface area contributed by atoms with Crippen molar-refractivity contribution in [1.29, 1.82) is 0 Å². The minimum absolute atomic E-state index is 0.131. The molecule has 22 heavy (non-hydrogen) atoms. The van der Waals surface area contributed by atoms with E-state index in [9.17, 15) is 0 Å². The first-order chi connectivity index (χ1) is 10.8. The molecule has 110 valence electrons. The fourth-order valence-corrected chi connectivity index (χ4v) is 2.69. The van der Waals surface area contributed by atoms with Crippen molar-refractivity contribution in [2.45, 2.75) is 6.04 Å². The normalized spacial score (nSPS) is 11.9. The van der Waals surface area contributed by atoms with Crippen LogP contribution in [0.15, 0.2) is 78.9 Å². The number of hydrogen-bond acceptors (Lipinski definition) is 2. The molecule has 0 saturated carbocycles. The van der Waals surface area contributed by atoms with Crippen LogP contribution in [-0.4, -0.2) is 7.05 Å².